The fourth-order valence-corrected chi connectivity index (χ4v) is 2.64. The predicted octanol–water partition coefficient (Wildman–Crippen LogP) is 1.24. The summed E-state index contributed by atoms with van der Waals surface area (Å²) in [7, 11) is 1.71. The second-order valence-corrected chi connectivity index (χ2v) is 5.05. The van der Waals surface area contributed by atoms with Gasteiger partial charge in [-0.25, -0.2) is 4.98 Å². The second-order valence-electron chi connectivity index (χ2n) is 5.05. The van der Waals surface area contributed by atoms with Gasteiger partial charge in [-0.1, -0.05) is 0 Å². The Hall–Kier alpha value is -1.73. The molecule has 0 bridgehead atoms. The first-order valence-electron chi connectivity index (χ1n) is 6.67. The maximum absolute atomic E-state index is 10.8. The molecule has 20 heavy (non-hydrogen) atoms. The number of hydrogen-bond donors (Lipinski definition) is 1. The van der Waals surface area contributed by atoms with Gasteiger partial charge in [0.25, 0.3) is 5.69 Å². The molecule has 2 atom stereocenters. The number of methoxy groups -OCH3 is 1. The number of pyridine rings is 1. The van der Waals surface area contributed by atoms with Crippen LogP contribution in [0.2, 0.25) is 0 Å². The number of nitro groups is 1. The van der Waals surface area contributed by atoms with Crippen molar-refractivity contribution in [1.82, 2.24) is 4.98 Å². The molecule has 0 saturated carbocycles. The average molecular weight is 280 g/mol. The molecular weight excluding hydrogens is 260 g/mol. The van der Waals surface area contributed by atoms with E-state index in [1.54, 1.807) is 20.1 Å². The van der Waals surface area contributed by atoms with Gasteiger partial charge in [0.05, 0.1) is 11.0 Å². The monoisotopic (exact) mass is 280 g/mol. The van der Waals surface area contributed by atoms with Gasteiger partial charge in [-0.15, -0.1) is 0 Å². The normalized spacial score (nSPS) is 22.9. The van der Waals surface area contributed by atoms with Crippen LogP contribution in [0, 0.1) is 17.0 Å². The minimum absolute atomic E-state index is 0.0461. The molecule has 7 heteroatoms. The highest BCUT2D eigenvalue weighted by Gasteiger charge is 2.29. The molecule has 7 nitrogen and oxygen atoms in total. The zero-order valence-electron chi connectivity index (χ0n) is 11.8. The minimum Gasteiger partial charge on any atom is -0.381 e. The summed E-state index contributed by atoms with van der Waals surface area (Å²) in [6.45, 7) is 3.03. The van der Waals surface area contributed by atoms with Crippen LogP contribution >= 0.6 is 0 Å². The van der Waals surface area contributed by atoms with Gasteiger partial charge in [0.2, 0.25) is 0 Å². The van der Waals surface area contributed by atoms with Crippen LogP contribution in [0.25, 0.3) is 0 Å². The van der Waals surface area contributed by atoms with E-state index in [0.717, 1.165) is 25.2 Å². The van der Waals surface area contributed by atoms with Crippen LogP contribution in [0.15, 0.2) is 12.3 Å². The van der Waals surface area contributed by atoms with Crippen molar-refractivity contribution in [2.75, 3.05) is 25.1 Å². The van der Waals surface area contributed by atoms with Crippen molar-refractivity contribution in [3.05, 3.63) is 27.9 Å². The SMILES string of the molecule is COC1CCN(c2cc(C)c([N+](=O)[O-])cn2)C(CN)C1. The number of ether oxygens (including phenoxy) is 1. The van der Waals surface area contributed by atoms with Crippen LogP contribution in [-0.4, -0.2) is 42.3 Å². The Morgan fingerprint density at radius 2 is 2.40 bits per heavy atom. The smallest absolute Gasteiger partial charge is 0.290 e. The van der Waals surface area contributed by atoms with Gasteiger partial charge in [0.15, 0.2) is 0 Å². The molecular formula is C13H20N4O3. The molecule has 1 aliphatic rings. The van der Waals surface area contributed by atoms with Crippen molar-refractivity contribution < 1.29 is 9.66 Å². The molecule has 2 rings (SSSR count). The topological polar surface area (TPSA) is 94.5 Å². The number of piperidine rings is 1. The molecule has 2 N–H and O–H groups in total. The summed E-state index contributed by atoms with van der Waals surface area (Å²) in [6.07, 6.45) is 3.30. The summed E-state index contributed by atoms with van der Waals surface area (Å²) in [4.78, 5) is 16.8. The minimum atomic E-state index is -0.413. The maximum Gasteiger partial charge on any atom is 0.290 e. The number of nitrogens with two attached hydrogens (primary N) is 1. The molecule has 0 aromatic carbocycles. The van der Waals surface area contributed by atoms with Crippen LogP contribution in [0.5, 0.6) is 0 Å². The van der Waals surface area contributed by atoms with E-state index < -0.39 is 4.92 Å². The van der Waals surface area contributed by atoms with E-state index in [9.17, 15) is 10.1 Å². The lowest BCUT2D eigenvalue weighted by atomic mass is 9.99. The zero-order valence-corrected chi connectivity index (χ0v) is 11.8. The third kappa shape index (κ3) is 2.88. The summed E-state index contributed by atoms with van der Waals surface area (Å²) in [5.74, 6) is 0.748. The molecule has 1 aromatic rings. The Bertz CT molecular complexity index is 495. The largest absolute Gasteiger partial charge is 0.381 e. The highest BCUT2D eigenvalue weighted by atomic mass is 16.6. The first-order valence-corrected chi connectivity index (χ1v) is 6.67. The van der Waals surface area contributed by atoms with Crippen molar-refractivity contribution in [2.45, 2.75) is 31.9 Å². The number of aryl methyl sites for hydroxylation is 1. The first kappa shape index (κ1) is 14.7. The Morgan fingerprint density at radius 3 is 2.95 bits per heavy atom. The summed E-state index contributed by atoms with van der Waals surface area (Å²) in [5.41, 5.74) is 6.49. The van der Waals surface area contributed by atoms with Crippen molar-refractivity contribution in [2.24, 2.45) is 5.73 Å². The number of aromatic nitrogens is 1. The Balaban J connectivity index is 2.22. The summed E-state index contributed by atoms with van der Waals surface area (Å²) >= 11 is 0. The van der Waals surface area contributed by atoms with Crippen molar-refractivity contribution in [3.63, 3.8) is 0 Å². The van der Waals surface area contributed by atoms with E-state index in [1.807, 2.05) is 0 Å². The Labute approximate surface area is 117 Å². The summed E-state index contributed by atoms with van der Waals surface area (Å²) in [5, 5.41) is 10.8. The van der Waals surface area contributed by atoms with Gasteiger partial charge in [0, 0.05) is 31.8 Å². The van der Waals surface area contributed by atoms with Crippen LogP contribution in [-0.2, 0) is 4.74 Å². The second kappa shape index (κ2) is 6.15. The lowest BCUT2D eigenvalue weighted by molar-refractivity contribution is -0.385. The van der Waals surface area contributed by atoms with Gasteiger partial charge < -0.3 is 15.4 Å². The molecule has 0 aliphatic carbocycles. The third-order valence-corrected chi connectivity index (χ3v) is 3.83. The number of rotatable bonds is 4. The Kier molecular flexibility index (Phi) is 4.51. The van der Waals surface area contributed by atoms with E-state index in [-0.39, 0.29) is 17.8 Å². The molecule has 1 aliphatic heterocycles. The van der Waals surface area contributed by atoms with Gasteiger partial charge in [-0.2, -0.15) is 0 Å². The fourth-order valence-electron chi connectivity index (χ4n) is 2.64. The standard InChI is InChI=1S/C13H20N4O3/c1-9-5-13(15-8-12(9)17(18)19)16-4-3-11(20-2)6-10(16)7-14/h5,8,10-11H,3-4,6-7,14H2,1-2H3. The molecule has 0 radical (unpaired) electrons. The number of nitrogens with zero attached hydrogens (tertiary/aromatic N) is 3. The lowest BCUT2D eigenvalue weighted by Gasteiger charge is -2.39. The molecule has 110 valence electrons. The summed E-state index contributed by atoms with van der Waals surface area (Å²) < 4.78 is 5.39. The quantitative estimate of drug-likeness (QED) is 0.658. The molecule has 2 heterocycles. The van der Waals surface area contributed by atoms with Crippen molar-refractivity contribution >= 4 is 11.5 Å². The molecule has 1 fully saturated rings. The van der Waals surface area contributed by atoms with E-state index in [4.69, 9.17) is 10.5 Å². The molecule has 1 aromatic heterocycles. The van der Waals surface area contributed by atoms with Crippen LogP contribution in [0.1, 0.15) is 18.4 Å². The van der Waals surface area contributed by atoms with Gasteiger partial charge >= 0.3 is 0 Å². The van der Waals surface area contributed by atoms with Gasteiger partial charge in [0.1, 0.15) is 12.0 Å². The average Bonchev–Trinajstić information content (AvgIpc) is 2.46. The van der Waals surface area contributed by atoms with Crippen LogP contribution < -0.4 is 10.6 Å². The van der Waals surface area contributed by atoms with E-state index in [1.165, 1.54) is 6.20 Å². The third-order valence-electron chi connectivity index (χ3n) is 3.83. The van der Waals surface area contributed by atoms with Crippen LogP contribution in [0.3, 0.4) is 0 Å². The highest BCUT2D eigenvalue weighted by Crippen LogP contribution is 2.27. The number of anilines is 1. The molecule has 1 saturated heterocycles. The van der Waals surface area contributed by atoms with E-state index in [0.29, 0.717) is 12.1 Å². The number of hydrogen-bond acceptors (Lipinski definition) is 6. The zero-order chi connectivity index (χ0) is 14.7. The fraction of sp³-hybridized carbons (Fsp3) is 0.615. The van der Waals surface area contributed by atoms with E-state index in [2.05, 4.69) is 9.88 Å². The highest BCUT2D eigenvalue weighted by molar-refractivity contribution is 5.49. The molecule has 0 amide bonds. The Morgan fingerprint density at radius 1 is 1.65 bits per heavy atom. The van der Waals surface area contributed by atoms with Crippen molar-refractivity contribution in [3.8, 4) is 0 Å². The lowest BCUT2D eigenvalue weighted by Crippen LogP contribution is -2.49. The first-order chi connectivity index (χ1) is 9.56. The van der Waals surface area contributed by atoms with Crippen LogP contribution in [0.4, 0.5) is 11.5 Å². The van der Waals surface area contributed by atoms with Crippen molar-refractivity contribution in [1.29, 1.82) is 0 Å². The van der Waals surface area contributed by atoms with E-state index >= 15 is 0 Å². The maximum atomic E-state index is 10.8. The summed E-state index contributed by atoms with van der Waals surface area (Å²) in [6, 6.07) is 1.91. The molecule has 0 spiro atoms. The van der Waals surface area contributed by atoms with Gasteiger partial charge in [-0.3, -0.25) is 10.1 Å². The van der Waals surface area contributed by atoms with Gasteiger partial charge in [-0.05, 0) is 25.8 Å². The molecule has 2 unspecified atom stereocenters. The predicted molar refractivity (Wildman–Crippen MR) is 75.8 cm³/mol.